The molecule has 2 amide bonds. The van der Waals surface area contributed by atoms with Crippen molar-refractivity contribution in [2.75, 3.05) is 5.88 Å². The van der Waals surface area contributed by atoms with Crippen molar-refractivity contribution in [2.45, 2.75) is 70.4 Å². The number of Topliss-reactive ketones (excluding diaryl/α,β-unsaturated/α-hetero) is 1. The molecule has 4 rings (SSSR count). The number of allylic oxidation sites excluding steroid dienone is 2. The van der Waals surface area contributed by atoms with Crippen molar-refractivity contribution in [3.8, 4) is 0 Å². The quantitative estimate of drug-likeness (QED) is 0.510. The van der Waals surface area contributed by atoms with Crippen LogP contribution in [0.3, 0.4) is 0 Å². The molecule has 2 aliphatic carbocycles. The van der Waals surface area contributed by atoms with Crippen LogP contribution in [-0.2, 0) is 20.7 Å². The van der Waals surface area contributed by atoms with Gasteiger partial charge < -0.3 is 10.1 Å². The molecule has 0 spiro atoms. The molecule has 37 heavy (non-hydrogen) atoms. The Kier molecular flexibility index (Phi) is 7.90. The molecule has 1 saturated carbocycles. The fourth-order valence-corrected chi connectivity index (χ4v) is 5.76. The van der Waals surface area contributed by atoms with Gasteiger partial charge in [-0.05, 0) is 57.7 Å². The van der Waals surface area contributed by atoms with E-state index in [9.17, 15) is 23.2 Å². The van der Waals surface area contributed by atoms with Crippen LogP contribution in [0.2, 0.25) is 5.02 Å². The van der Waals surface area contributed by atoms with Gasteiger partial charge in [0.15, 0.2) is 5.78 Å². The van der Waals surface area contributed by atoms with Crippen LogP contribution in [0.1, 0.15) is 52.0 Å². The van der Waals surface area contributed by atoms with E-state index in [1.165, 1.54) is 16.8 Å². The molecular weight excluding hydrogens is 524 g/mol. The van der Waals surface area contributed by atoms with E-state index in [-0.39, 0.29) is 49.1 Å². The number of benzene rings is 1. The van der Waals surface area contributed by atoms with Gasteiger partial charge in [0.25, 0.3) is 5.91 Å². The summed E-state index contributed by atoms with van der Waals surface area (Å²) in [6, 6.07) is 6.72. The SMILES string of the molecule is CC(C)(C)OC(=O)NN1CSC2=C1C(=O)C(Cc1ccc(Cl)cc1)C=C2C(=O)NC1CCC(F)(F)CC1. The smallest absolute Gasteiger partial charge is 0.426 e. The number of ketones is 1. The second-order valence-electron chi connectivity index (χ2n) is 10.5. The van der Waals surface area contributed by atoms with Crippen LogP contribution in [0.15, 0.2) is 46.5 Å². The lowest BCUT2D eigenvalue weighted by Gasteiger charge is -2.30. The number of ether oxygens (including phenoxy) is 1. The summed E-state index contributed by atoms with van der Waals surface area (Å²) in [5, 5.41) is 4.86. The third-order valence-electron chi connectivity index (χ3n) is 6.30. The number of hydrogen-bond donors (Lipinski definition) is 2. The van der Waals surface area contributed by atoms with Crippen molar-refractivity contribution in [3.63, 3.8) is 0 Å². The average Bonchev–Trinajstić information content (AvgIpc) is 3.21. The highest BCUT2D eigenvalue weighted by atomic mass is 35.5. The Hall–Kier alpha value is -2.59. The molecule has 3 aliphatic rings. The molecule has 0 radical (unpaired) electrons. The van der Waals surface area contributed by atoms with E-state index in [0.717, 1.165) is 5.56 Å². The number of carbonyl (C=O) groups is 3. The van der Waals surface area contributed by atoms with Crippen molar-refractivity contribution >= 4 is 41.1 Å². The highest BCUT2D eigenvalue weighted by Gasteiger charge is 2.42. The van der Waals surface area contributed by atoms with E-state index >= 15 is 0 Å². The predicted molar refractivity (Wildman–Crippen MR) is 138 cm³/mol. The van der Waals surface area contributed by atoms with E-state index in [4.69, 9.17) is 16.3 Å². The maximum atomic E-state index is 13.6. The van der Waals surface area contributed by atoms with Crippen LogP contribution in [-0.4, -0.2) is 46.2 Å². The predicted octanol–water partition coefficient (Wildman–Crippen LogP) is 5.36. The molecule has 200 valence electrons. The first kappa shape index (κ1) is 27.4. The third-order valence-corrected chi connectivity index (χ3v) is 7.64. The molecule has 0 saturated heterocycles. The van der Waals surface area contributed by atoms with Gasteiger partial charge in [-0.15, -0.1) is 0 Å². The number of hydrogen-bond acceptors (Lipinski definition) is 6. The molecular formula is C26H30ClF2N3O4S. The number of amides is 2. The van der Waals surface area contributed by atoms with E-state index in [1.54, 1.807) is 39.0 Å². The number of hydrazine groups is 1. The zero-order chi connectivity index (χ0) is 27.0. The normalized spacial score (nSPS) is 21.9. The van der Waals surface area contributed by atoms with Gasteiger partial charge in [-0.2, -0.15) is 0 Å². The second kappa shape index (κ2) is 10.6. The Morgan fingerprint density at radius 3 is 2.46 bits per heavy atom. The number of rotatable bonds is 5. The van der Waals surface area contributed by atoms with Gasteiger partial charge in [0.1, 0.15) is 11.3 Å². The largest absolute Gasteiger partial charge is 0.443 e. The topological polar surface area (TPSA) is 87.7 Å². The van der Waals surface area contributed by atoms with E-state index in [0.29, 0.717) is 21.9 Å². The summed E-state index contributed by atoms with van der Waals surface area (Å²) in [5.41, 5.74) is 3.27. The zero-order valence-electron chi connectivity index (χ0n) is 20.9. The van der Waals surface area contributed by atoms with Gasteiger partial charge in [-0.1, -0.05) is 41.6 Å². The molecule has 1 aromatic rings. The Morgan fingerprint density at radius 2 is 1.84 bits per heavy atom. The zero-order valence-corrected chi connectivity index (χ0v) is 22.5. The van der Waals surface area contributed by atoms with Gasteiger partial charge in [0.05, 0.1) is 16.4 Å². The Morgan fingerprint density at radius 1 is 1.19 bits per heavy atom. The van der Waals surface area contributed by atoms with Crippen LogP contribution < -0.4 is 10.7 Å². The second-order valence-corrected chi connectivity index (χ2v) is 11.9. The summed E-state index contributed by atoms with van der Waals surface area (Å²) in [6.07, 6.45) is 1.08. The van der Waals surface area contributed by atoms with E-state index in [2.05, 4.69) is 10.7 Å². The molecule has 1 aromatic carbocycles. The first-order valence-electron chi connectivity index (χ1n) is 12.1. The van der Waals surface area contributed by atoms with Crippen molar-refractivity contribution in [1.29, 1.82) is 0 Å². The number of nitrogens with zero attached hydrogens (tertiary/aromatic N) is 1. The molecule has 11 heteroatoms. The summed E-state index contributed by atoms with van der Waals surface area (Å²) in [5.74, 6) is -3.81. The number of nitrogens with one attached hydrogen (secondary N) is 2. The minimum atomic E-state index is -2.70. The molecule has 0 aromatic heterocycles. The van der Waals surface area contributed by atoms with Gasteiger partial charge in [0.2, 0.25) is 5.92 Å². The fraction of sp³-hybridized carbons (Fsp3) is 0.500. The Balaban J connectivity index is 1.59. The minimum Gasteiger partial charge on any atom is -0.443 e. The summed E-state index contributed by atoms with van der Waals surface area (Å²) in [7, 11) is 0. The molecule has 1 unspecified atom stereocenters. The summed E-state index contributed by atoms with van der Waals surface area (Å²) < 4.78 is 32.5. The molecule has 1 fully saturated rings. The fourth-order valence-electron chi connectivity index (χ4n) is 4.51. The van der Waals surface area contributed by atoms with Crippen LogP contribution in [0.4, 0.5) is 13.6 Å². The first-order valence-corrected chi connectivity index (χ1v) is 13.5. The van der Waals surface area contributed by atoms with Crippen molar-refractivity contribution < 1.29 is 27.9 Å². The third kappa shape index (κ3) is 6.84. The van der Waals surface area contributed by atoms with Crippen LogP contribution in [0.25, 0.3) is 0 Å². The summed E-state index contributed by atoms with van der Waals surface area (Å²) in [6.45, 7) is 5.20. The van der Waals surface area contributed by atoms with Crippen molar-refractivity contribution in [3.05, 3.63) is 57.1 Å². The Labute approximate surface area is 224 Å². The summed E-state index contributed by atoms with van der Waals surface area (Å²) >= 11 is 7.25. The average molecular weight is 554 g/mol. The van der Waals surface area contributed by atoms with E-state index < -0.39 is 29.4 Å². The first-order chi connectivity index (χ1) is 17.3. The lowest BCUT2D eigenvalue weighted by Crippen LogP contribution is -2.46. The standard InChI is InChI=1S/C26H30ClF2N3O4S/c1-25(2,3)36-24(35)31-32-14-37-22-19(23(34)30-18-8-10-26(28,29)11-9-18)13-16(21(33)20(22)32)12-15-4-6-17(27)7-5-15/h4-7,13,16,18H,8-12,14H2,1-3H3,(H,30,34)(H,31,35). The molecule has 7 nitrogen and oxygen atoms in total. The molecule has 1 heterocycles. The number of thioether (sulfide) groups is 1. The van der Waals surface area contributed by atoms with Crippen LogP contribution in [0.5, 0.6) is 0 Å². The van der Waals surface area contributed by atoms with Gasteiger partial charge in [-0.25, -0.2) is 19.0 Å². The maximum absolute atomic E-state index is 13.6. The van der Waals surface area contributed by atoms with Gasteiger partial charge >= 0.3 is 6.09 Å². The van der Waals surface area contributed by atoms with Crippen molar-refractivity contribution in [1.82, 2.24) is 15.8 Å². The monoisotopic (exact) mass is 553 g/mol. The highest BCUT2D eigenvalue weighted by Crippen LogP contribution is 2.42. The molecule has 2 N–H and O–H groups in total. The number of carbonyl (C=O) groups excluding carboxylic acids is 3. The number of halogens is 3. The number of alkyl halides is 2. The van der Waals surface area contributed by atoms with Crippen LogP contribution >= 0.6 is 23.4 Å². The molecule has 1 atom stereocenters. The lowest BCUT2D eigenvalue weighted by atomic mass is 9.86. The molecule has 1 aliphatic heterocycles. The minimum absolute atomic E-state index is 0.185. The Bertz CT molecular complexity index is 1140. The highest BCUT2D eigenvalue weighted by molar-refractivity contribution is 8.03. The van der Waals surface area contributed by atoms with Gasteiger partial charge in [0, 0.05) is 29.8 Å². The maximum Gasteiger partial charge on any atom is 0.426 e. The van der Waals surface area contributed by atoms with Crippen molar-refractivity contribution in [2.24, 2.45) is 5.92 Å². The lowest BCUT2D eigenvalue weighted by molar-refractivity contribution is -0.120. The van der Waals surface area contributed by atoms with Gasteiger partial charge in [-0.3, -0.25) is 14.6 Å². The summed E-state index contributed by atoms with van der Waals surface area (Å²) in [4.78, 5) is 39.9. The molecule has 0 bridgehead atoms. The van der Waals surface area contributed by atoms with E-state index in [1.807, 2.05) is 12.1 Å². The van der Waals surface area contributed by atoms with Crippen LogP contribution in [0, 0.1) is 5.92 Å².